The lowest BCUT2D eigenvalue weighted by Gasteiger charge is -2.26. The highest BCUT2D eigenvalue weighted by Gasteiger charge is 2.23. The third kappa shape index (κ3) is 3.28. The molecule has 0 radical (unpaired) electrons. The standard InChI is InChI=1S/C12H22N2S/c1-5-6-12(4,8-13)7-11-14-9(2)10(3)15-11/h5-8,13H2,1-4H3. The van der Waals surface area contributed by atoms with E-state index in [0.29, 0.717) is 0 Å². The van der Waals surface area contributed by atoms with Crippen LogP contribution in [0.3, 0.4) is 0 Å². The molecule has 0 aliphatic carbocycles. The van der Waals surface area contributed by atoms with Crippen molar-refractivity contribution < 1.29 is 0 Å². The highest BCUT2D eigenvalue weighted by molar-refractivity contribution is 7.11. The summed E-state index contributed by atoms with van der Waals surface area (Å²) in [5.41, 5.74) is 7.26. The molecular weight excluding hydrogens is 204 g/mol. The molecule has 0 spiro atoms. The molecule has 1 aromatic rings. The molecule has 2 nitrogen and oxygen atoms in total. The van der Waals surface area contributed by atoms with Gasteiger partial charge in [-0.15, -0.1) is 11.3 Å². The zero-order chi connectivity index (χ0) is 11.5. The molecule has 0 bridgehead atoms. The Morgan fingerprint density at radius 1 is 1.40 bits per heavy atom. The number of aromatic nitrogens is 1. The topological polar surface area (TPSA) is 38.9 Å². The number of rotatable bonds is 5. The van der Waals surface area contributed by atoms with Crippen LogP contribution in [-0.2, 0) is 6.42 Å². The number of thiazole rings is 1. The first-order chi connectivity index (χ1) is 7.00. The van der Waals surface area contributed by atoms with Crippen molar-refractivity contribution in [3.8, 4) is 0 Å². The average Bonchev–Trinajstić information content (AvgIpc) is 2.46. The first-order valence-electron chi connectivity index (χ1n) is 5.64. The molecule has 0 aliphatic heterocycles. The quantitative estimate of drug-likeness (QED) is 0.838. The number of aryl methyl sites for hydroxylation is 2. The van der Waals surface area contributed by atoms with Crippen LogP contribution in [0.4, 0.5) is 0 Å². The van der Waals surface area contributed by atoms with Gasteiger partial charge in [0.2, 0.25) is 0 Å². The molecule has 1 rings (SSSR count). The second kappa shape index (κ2) is 5.08. The van der Waals surface area contributed by atoms with Crippen LogP contribution in [-0.4, -0.2) is 11.5 Å². The van der Waals surface area contributed by atoms with Crippen LogP contribution in [0.1, 0.15) is 42.3 Å². The van der Waals surface area contributed by atoms with Gasteiger partial charge in [0.1, 0.15) is 0 Å². The summed E-state index contributed by atoms with van der Waals surface area (Å²) in [7, 11) is 0. The van der Waals surface area contributed by atoms with E-state index < -0.39 is 0 Å². The van der Waals surface area contributed by atoms with Gasteiger partial charge in [0.25, 0.3) is 0 Å². The van der Waals surface area contributed by atoms with E-state index in [2.05, 4.69) is 32.7 Å². The van der Waals surface area contributed by atoms with Gasteiger partial charge in [-0.3, -0.25) is 0 Å². The maximum absolute atomic E-state index is 5.86. The van der Waals surface area contributed by atoms with Crippen LogP contribution in [0.15, 0.2) is 0 Å². The predicted molar refractivity (Wildman–Crippen MR) is 67.4 cm³/mol. The van der Waals surface area contributed by atoms with Gasteiger partial charge in [0, 0.05) is 11.3 Å². The van der Waals surface area contributed by atoms with E-state index in [1.165, 1.54) is 28.4 Å². The summed E-state index contributed by atoms with van der Waals surface area (Å²) in [6, 6.07) is 0. The number of nitrogens with zero attached hydrogens (tertiary/aromatic N) is 1. The molecular formula is C12H22N2S. The molecule has 2 N–H and O–H groups in total. The largest absolute Gasteiger partial charge is 0.330 e. The molecule has 1 aromatic heterocycles. The minimum Gasteiger partial charge on any atom is -0.330 e. The van der Waals surface area contributed by atoms with Crippen molar-refractivity contribution in [3.63, 3.8) is 0 Å². The lowest BCUT2D eigenvalue weighted by atomic mass is 9.83. The first kappa shape index (κ1) is 12.7. The minimum absolute atomic E-state index is 0.228. The van der Waals surface area contributed by atoms with Gasteiger partial charge in [-0.1, -0.05) is 20.3 Å². The molecule has 0 fully saturated rings. The highest BCUT2D eigenvalue weighted by atomic mass is 32.1. The molecule has 0 saturated carbocycles. The summed E-state index contributed by atoms with van der Waals surface area (Å²) in [5, 5.41) is 1.24. The highest BCUT2D eigenvalue weighted by Crippen LogP contribution is 2.29. The summed E-state index contributed by atoms with van der Waals surface area (Å²) in [5.74, 6) is 0. The fourth-order valence-electron chi connectivity index (χ4n) is 1.85. The molecule has 0 amide bonds. The maximum atomic E-state index is 5.86. The van der Waals surface area contributed by atoms with E-state index >= 15 is 0 Å². The third-order valence-electron chi connectivity index (χ3n) is 3.00. The van der Waals surface area contributed by atoms with Crippen LogP contribution < -0.4 is 5.73 Å². The zero-order valence-electron chi connectivity index (χ0n) is 10.3. The predicted octanol–water partition coefficient (Wildman–Crippen LogP) is 3.07. The van der Waals surface area contributed by atoms with E-state index in [1.807, 2.05) is 11.3 Å². The van der Waals surface area contributed by atoms with E-state index in [0.717, 1.165) is 13.0 Å². The fraction of sp³-hybridized carbons (Fsp3) is 0.750. The van der Waals surface area contributed by atoms with Crippen molar-refractivity contribution >= 4 is 11.3 Å². The van der Waals surface area contributed by atoms with Crippen molar-refractivity contribution in [1.82, 2.24) is 4.98 Å². The van der Waals surface area contributed by atoms with Gasteiger partial charge >= 0.3 is 0 Å². The van der Waals surface area contributed by atoms with Crippen molar-refractivity contribution in [2.75, 3.05) is 6.54 Å². The summed E-state index contributed by atoms with van der Waals surface area (Å²) in [4.78, 5) is 5.92. The maximum Gasteiger partial charge on any atom is 0.0936 e. The monoisotopic (exact) mass is 226 g/mol. The normalized spacial score (nSPS) is 15.3. The molecule has 1 atom stereocenters. The van der Waals surface area contributed by atoms with Crippen molar-refractivity contribution in [3.05, 3.63) is 15.6 Å². The van der Waals surface area contributed by atoms with Crippen LogP contribution in [0.5, 0.6) is 0 Å². The Bertz CT molecular complexity index is 300. The van der Waals surface area contributed by atoms with E-state index in [1.54, 1.807) is 0 Å². The second-order valence-electron chi connectivity index (χ2n) is 4.69. The van der Waals surface area contributed by atoms with Gasteiger partial charge in [-0.05, 0) is 32.2 Å². The van der Waals surface area contributed by atoms with Gasteiger partial charge in [0.05, 0.1) is 10.7 Å². The second-order valence-corrected chi connectivity index (χ2v) is 5.98. The lowest BCUT2D eigenvalue weighted by molar-refractivity contribution is 0.302. The molecule has 0 aliphatic rings. The SMILES string of the molecule is CCCC(C)(CN)Cc1nc(C)c(C)s1. The molecule has 0 saturated heterocycles. The number of hydrogen-bond donors (Lipinski definition) is 1. The summed E-state index contributed by atoms with van der Waals surface area (Å²) >= 11 is 1.82. The molecule has 3 heteroatoms. The van der Waals surface area contributed by atoms with Crippen LogP contribution in [0.25, 0.3) is 0 Å². The lowest BCUT2D eigenvalue weighted by Crippen LogP contribution is -2.29. The van der Waals surface area contributed by atoms with Gasteiger partial charge in [-0.25, -0.2) is 4.98 Å². The number of hydrogen-bond acceptors (Lipinski definition) is 3. The summed E-state index contributed by atoms with van der Waals surface area (Å²) < 4.78 is 0. The molecule has 1 heterocycles. The van der Waals surface area contributed by atoms with Crippen molar-refractivity contribution in [1.29, 1.82) is 0 Å². The molecule has 1 unspecified atom stereocenters. The van der Waals surface area contributed by atoms with E-state index in [9.17, 15) is 0 Å². The van der Waals surface area contributed by atoms with Gasteiger partial charge in [-0.2, -0.15) is 0 Å². The van der Waals surface area contributed by atoms with Gasteiger partial charge in [0.15, 0.2) is 0 Å². The number of nitrogens with two attached hydrogens (primary N) is 1. The zero-order valence-corrected chi connectivity index (χ0v) is 11.1. The minimum atomic E-state index is 0.228. The fourth-order valence-corrected chi connectivity index (χ4v) is 3.00. The Morgan fingerprint density at radius 3 is 2.47 bits per heavy atom. The molecule has 0 aromatic carbocycles. The Hall–Kier alpha value is -0.410. The summed E-state index contributed by atoms with van der Waals surface area (Å²) in [6.07, 6.45) is 3.40. The van der Waals surface area contributed by atoms with Crippen LogP contribution in [0.2, 0.25) is 0 Å². The van der Waals surface area contributed by atoms with Gasteiger partial charge < -0.3 is 5.73 Å². The van der Waals surface area contributed by atoms with E-state index in [4.69, 9.17) is 5.73 Å². The van der Waals surface area contributed by atoms with Crippen molar-refractivity contribution in [2.24, 2.45) is 11.1 Å². The smallest absolute Gasteiger partial charge is 0.0936 e. The summed E-state index contributed by atoms with van der Waals surface area (Å²) in [6.45, 7) is 9.44. The average molecular weight is 226 g/mol. The molecule has 15 heavy (non-hydrogen) atoms. The first-order valence-corrected chi connectivity index (χ1v) is 6.45. The van der Waals surface area contributed by atoms with Crippen LogP contribution in [0, 0.1) is 19.3 Å². The van der Waals surface area contributed by atoms with Crippen molar-refractivity contribution in [2.45, 2.75) is 47.0 Å². The molecule has 86 valence electrons. The Balaban J connectivity index is 2.74. The Labute approximate surface area is 96.9 Å². The van der Waals surface area contributed by atoms with E-state index in [-0.39, 0.29) is 5.41 Å². The van der Waals surface area contributed by atoms with Crippen LogP contribution >= 0.6 is 11.3 Å². The third-order valence-corrected chi connectivity index (χ3v) is 4.07. The Morgan fingerprint density at radius 2 is 2.07 bits per heavy atom. The Kier molecular flexibility index (Phi) is 4.29.